The van der Waals surface area contributed by atoms with Crippen molar-refractivity contribution in [3.63, 3.8) is 0 Å². The molecule has 0 saturated carbocycles. The van der Waals surface area contributed by atoms with E-state index in [2.05, 4.69) is 57.3 Å². The van der Waals surface area contributed by atoms with E-state index in [-0.39, 0.29) is 0 Å². The zero-order chi connectivity index (χ0) is 11.3. The van der Waals surface area contributed by atoms with Crippen molar-refractivity contribution in [3.8, 4) is 0 Å². The van der Waals surface area contributed by atoms with Crippen LogP contribution in [0.2, 0.25) is 0 Å². The van der Waals surface area contributed by atoms with E-state index in [0.29, 0.717) is 5.92 Å². The van der Waals surface area contributed by atoms with E-state index in [1.54, 1.807) is 0 Å². The highest BCUT2D eigenvalue weighted by Crippen LogP contribution is 2.16. The molecular formula is C15H18. The Balaban J connectivity index is 2.94. The normalized spacial score (nSPS) is 9.80. The average Bonchev–Trinajstić information content (AvgIpc) is 2.26. The maximum absolute atomic E-state index is 3.73. The van der Waals surface area contributed by atoms with E-state index in [9.17, 15) is 0 Å². The Hall–Kier alpha value is -1.56. The molecule has 0 atom stereocenters. The number of allylic oxidation sites excluding steroid dienone is 3. The average molecular weight is 198 g/mol. The van der Waals surface area contributed by atoms with E-state index in [0.717, 1.165) is 5.57 Å². The van der Waals surface area contributed by atoms with Gasteiger partial charge in [0.15, 0.2) is 0 Å². The van der Waals surface area contributed by atoms with Crippen LogP contribution in [0.3, 0.4) is 0 Å². The second-order valence-electron chi connectivity index (χ2n) is 3.87. The first kappa shape index (κ1) is 11.5. The fraction of sp³-hybridized carbons (Fsp3) is 0.200. The fourth-order valence-electron chi connectivity index (χ4n) is 1.37. The quantitative estimate of drug-likeness (QED) is 0.622. The van der Waals surface area contributed by atoms with Crippen molar-refractivity contribution in [3.05, 3.63) is 66.3 Å². The van der Waals surface area contributed by atoms with Crippen LogP contribution < -0.4 is 0 Å². The maximum Gasteiger partial charge on any atom is -0.0219 e. The molecule has 1 aromatic carbocycles. The second kappa shape index (κ2) is 5.35. The molecule has 0 unspecified atom stereocenters. The summed E-state index contributed by atoms with van der Waals surface area (Å²) >= 11 is 0. The molecule has 0 fully saturated rings. The highest BCUT2D eigenvalue weighted by atomic mass is 14.0. The van der Waals surface area contributed by atoms with Crippen LogP contribution in [0.4, 0.5) is 0 Å². The minimum absolute atomic E-state index is 0.585. The summed E-state index contributed by atoms with van der Waals surface area (Å²) in [6.45, 7) is 11.9. The number of benzene rings is 1. The van der Waals surface area contributed by atoms with Crippen molar-refractivity contribution in [2.45, 2.75) is 19.8 Å². The van der Waals surface area contributed by atoms with Crippen molar-refractivity contribution in [1.82, 2.24) is 0 Å². The smallest absolute Gasteiger partial charge is 0.0219 e. The first-order valence-corrected chi connectivity index (χ1v) is 5.24. The zero-order valence-electron chi connectivity index (χ0n) is 9.53. The molecule has 1 rings (SSSR count). The van der Waals surface area contributed by atoms with Crippen LogP contribution in [0.5, 0.6) is 0 Å². The standard InChI is InChI=1S/C15H18/c1-5-13(6-2)11-14-7-9-15(10-8-14)12(3)4/h5-12H,1-2H2,3-4H3. The third-order valence-corrected chi connectivity index (χ3v) is 2.41. The van der Waals surface area contributed by atoms with Crippen molar-refractivity contribution < 1.29 is 0 Å². The van der Waals surface area contributed by atoms with Gasteiger partial charge in [0.1, 0.15) is 0 Å². The largest absolute Gasteiger partial charge is 0.0985 e. The summed E-state index contributed by atoms with van der Waals surface area (Å²) in [5, 5.41) is 0. The summed E-state index contributed by atoms with van der Waals surface area (Å²) in [4.78, 5) is 0. The van der Waals surface area contributed by atoms with Crippen LogP contribution in [-0.4, -0.2) is 0 Å². The van der Waals surface area contributed by atoms with E-state index < -0.39 is 0 Å². The summed E-state index contributed by atoms with van der Waals surface area (Å²) in [5.74, 6) is 0.585. The number of rotatable bonds is 4. The second-order valence-corrected chi connectivity index (χ2v) is 3.87. The van der Waals surface area contributed by atoms with Gasteiger partial charge in [0.2, 0.25) is 0 Å². The fourth-order valence-corrected chi connectivity index (χ4v) is 1.37. The number of hydrogen-bond acceptors (Lipinski definition) is 0. The lowest BCUT2D eigenvalue weighted by molar-refractivity contribution is 0.866. The summed E-state index contributed by atoms with van der Waals surface area (Å²) in [6, 6.07) is 8.59. The summed E-state index contributed by atoms with van der Waals surface area (Å²) in [6.07, 6.45) is 5.69. The minimum Gasteiger partial charge on any atom is -0.0985 e. The summed E-state index contributed by atoms with van der Waals surface area (Å²) in [7, 11) is 0. The van der Waals surface area contributed by atoms with Crippen LogP contribution in [0, 0.1) is 0 Å². The SMILES string of the molecule is C=CC(C=C)=Cc1ccc(C(C)C)cc1. The van der Waals surface area contributed by atoms with Gasteiger partial charge in [0, 0.05) is 0 Å². The van der Waals surface area contributed by atoms with Crippen molar-refractivity contribution >= 4 is 6.08 Å². The van der Waals surface area contributed by atoms with Crippen LogP contribution in [0.1, 0.15) is 30.9 Å². The van der Waals surface area contributed by atoms with Crippen LogP contribution in [0.25, 0.3) is 6.08 Å². The van der Waals surface area contributed by atoms with Gasteiger partial charge in [-0.1, -0.05) is 63.4 Å². The molecule has 0 nitrogen and oxygen atoms in total. The van der Waals surface area contributed by atoms with Crippen LogP contribution in [0.15, 0.2) is 55.1 Å². The molecule has 0 radical (unpaired) electrons. The first-order chi connectivity index (χ1) is 7.17. The molecule has 0 heteroatoms. The molecule has 1 aromatic rings. The van der Waals surface area contributed by atoms with Gasteiger partial charge in [-0.15, -0.1) is 0 Å². The molecule has 0 N–H and O–H groups in total. The van der Waals surface area contributed by atoms with E-state index in [4.69, 9.17) is 0 Å². The van der Waals surface area contributed by atoms with Gasteiger partial charge in [-0.2, -0.15) is 0 Å². The van der Waals surface area contributed by atoms with Crippen molar-refractivity contribution in [1.29, 1.82) is 0 Å². The molecule has 0 heterocycles. The molecular weight excluding hydrogens is 180 g/mol. The van der Waals surface area contributed by atoms with Gasteiger partial charge in [-0.3, -0.25) is 0 Å². The van der Waals surface area contributed by atoms with E-state index in [1.807, 2.05) is 12.2 Å². The van der Waals surface area contributed by atoms with Gasteiger partial charge in [-0.25, -0.2) is 0 Å². The predicted octanol–water partition coefficient (Wildman–Crippen LogP) is 4.57. The highest BCUT2D eigenvalue weighted by molar-refractivity contribution is 5.59. The Labute approximate surface area is 92.6 Å². The predicted molar refractivity (Wildman–Crippen MR) is 68.9 cm³/mol. The molecule has 0 amide bonds. The monoisotopic (exact) mass is 198 g/mol. The Morgan fingerprint density at radius 1 is 1.07 bits per heavy atom. The zero-order valence-corrected chi connectivity index (χ0v) is 9.53. The molecule has 0 aliphatic heterocycles. The summed E-state index contributed by atoms with van der Waals surface area (Å²) < 4.78 is 0. The first-order valence-electron chi connectivity index (χ1n) is 5.24. The van der Waals surface area contributed by atoms with E-state index >= 15 is 0 Å². The molecule has 0 aliphatic carbocycles. The Morgan fingerprint density at radius 2 is 1.60 bits per heavy atom. The molecule has 78 valence electrons. The highest BCUT2D eigenvalue weighted by Gasteiger charge is 1.97. The summed E-state index contributed by atoms with van der Waals surface area (Å²) in [5.41, 5.74) is 3.60. The Morgan fingerprint density at radius 3 is 2.00 bits per heavy atom. The lowest BCUT2D eigenvalue weighted by Crippen LogP contribution is -1.86. The number of hydrogen-bond donors (Lipinski definition) is 0. The molecule has 0 aromatic heterocycles. The molecule has 0 aliphatic rings. The molecule has 15 heavy (non-hydrogen) atoms. The third kappa shape index (κ3) is 3.25. The molecule has 0 saturated heterocycles. The Kier molecular flexibility index (Phi) is 4.11. The lowest BCUT2D eigenvalue weighted by atomic mass is 10.0. The van der Waals surface area contributed by atoms with Gasteiger partial charge in [-0.05, 0) is 28.7 Å². The van der Waals surface area contributed by atoms with Crippen LogP contribution >= 0.6 is 0 Å². The topological polar surface area (TPSA) is 0 Å². The third-order valence-electron chi connectivity index (χ3n) is 2.41. The van der Waals surface area contributed by atoms with Gasteiger partial charge < -0.3 is 0 Å². The van der Waals surface area contributed by atoms with Gasteiger partial charge >= 0.3 is 0 Å². The van der Waals surface area contributed by atoms with Gasteiger partial charge in [0.25, 0.3) is 0 Å². The van der Waals surface area contributed by atoms with Crippen LogP contribution in [-0.2, 0) is 0 Å². The van der Waals surface area contributed by atoms with Crippen molar-refractivity contribution in [2.75, 3.05) is 0 Å². The minimum atomic E-state index is 0.585. The van der Waals surface area contributed by atoms with E-state index in [1.165, 1.54) is 11.1 Å². The van der Waals surface area contributed by atoms with Gasteiger partial charge in [0.05, 0.1) is 0 Å². The lowest BCUT2D eigenvalue weighted by Gasteiger charge is -2.05. The molecule has 0 spiro atoms. The molecule has 0 bridgehead atoms. The maximum atomic E-state index is 3.73. The Bertz CT molecular complexity index is 354. The van der Waals surface area contributed by atoms with Crippen molar-refractivity contribution in [2.24, 2.45) is 0 Å².